The summed E-state index contributed by atoms with van der Waals surface area (Å²) in [5, 5.41) is 4.31. The van der Waals surface area contributed by atoms with Crippen molar-refractivity contribution in [3.63, 3.8) is 0 Å². The second-order valence-corrected chi connectivity index (χ2v) is 8.95. The van der Waals surface area contributed by atoms with E-state index in [1.807, 2.05) is 47.6 Å². The number of benzene rings is 1. The molecule has 2 fully saturated rings. The molecule has 1 aromatic heterocycles. The molecule has 1 unspecified atom stereocenters. The molecule has 1 aromatic carbocycles. The number of thioether (sulfide) groups is 1. The zero-order chi connectivity index (χ0) is 18.1. The molecule has 3 heterocycles. The predicted molar refractivity (Wildman–Crippen MR) is 110 cm³/mol. The smallest absolute Gasteiger partial charge is 0.269 e. The lowest BCUT2D eigenvalue weighted by molar-refractivity contribution is -0.0129. The summed E-state index contributed by atoms with van der Waals surface area (Å²) in [4.78, 5) is 15.5. The number of nitrogens with zero attached hydrogens (tertiary/aromatic N) is 2. The number of ether oxygens (including phenoxy) is 1. The van der Waals surface area contributed by atoms with Gasteiger partial charge in [0, 0.05) is 48.9 Å². The molecule has 2 aliphatic heterocycles. The van der Waals surface area contributed by atoms with Gasteiger partial charge in [-0.05, 0) is 34.2 Å². The van der Waals surface area contributed by atoms with E-state index < -0.39 is 0 Å². The van der Waals surface area contributed by atoms with Crippen molar-refractivity contribution in [2.45, 2.75) is 12.0 Å². The van der Waals surface area contributed by atoms with E-state index in [4.69, 9.17) is 4.74 Å². The van der Waals surface area contributed by atoms with Crippen LogP contribution in [0.1, 0.15) is 16.9 Å². The molecule has 1 N–H and O–H groups in total. The Kier molecular flexibility index (Phi) is 5.32. The fraction of sp³-hybridized carbons (Fsp3) is 0.526. The molecule has 5 nitrogen and oxygen atoms in total. The summed E-state index contributed by atoms with van der Waals surface area (Å²) in [6, 6.07) is 8.08. The van der Waals surface area contributed by atoms with Crippen LogP contribution in [0.25, 0.3) is 10.9 Å². The Morgan fingerprint density at radius 1 is 1.35 bits per heavy atom. The van der Waals surface area contributed by atoms with Crippen LogP contribution < -0.4 is 5.32 Å². The maximum atomic E-state index is 13.0. The number of amides is 1. The quantitative estimate of drug-likeness (QED) is 0.798. The molecular weight excluding hydrogens is 414 g/mol. The van der Waals surface area contributed by atoms with Crippen LogP contribution in [0.5, 0.6) is 0 Å². The predicted octanol–water partition coefficient (Wildman–Crippen LogP) is 2.88. The first-order chi connectivity index (χ1) is 12.6. The van der Waals surface area contributed by atoms with Crippen LogP contribution in [-0.4, -0.2) is 65.3 Å². The van der Waals surface area contributed by atoms with E-state index in [0.717, 1.165) is 59.6 Å². The van der Waals surface area contributed by atoms with Gasteiger partial charge >= 0.3 is 0 Å². The van der Waals surface area contributed by atoms with E-state index in [9.17, 15) is 4.79 Å². The lowest BCUT2D eigenvalue weighted by Gasteiger charge is -2.43. The Balaban J connectivity index is 1.54. The molecule has 26 heavy (non-hydrogen) atoms. The van der Waals surface area contributed by atoms with E-state index in [1.54, 1.807) is 0 Å². The van der Waals surface area contributed by atoms with Crippen LogP contribution >= 0.6 is 27.7 Å². The maximum absolute atomic E-state index is 13.0. The molecule has 0 bridgehead atoms. The summed E-state index contributed by atoms with van der Waals surface area (Å²) < 4.78 is 8.36. The average molecular weight is 438 g/mol. The highest BCUT2D eigenvalue weighted by atomic mass is 79.9. The van der Waals surface area contributed by atoms with Crippen LogP contribution in [0.2, 0.25) is 0 Å². The van der Waals surface area contributed by atoms with Crippen LogP contribution in [0.4, 0.5) is 0 Å². The largest absolute Gasteiger partial charge is 0.379 e. The van der Waals surface area contributed by atoms with Crippen molar-refractivity contribution in [1.82, 2.24) is 14.8 Å². The lowest BCUT2D eigenvalue weighted by Crippen LogP contribution is -2.59. The van der Waals surface area contributed by atoms with Crippen molar-refractivity contribution in [1.29, 1.82) is 0 Å². The summed E-state index contributed by atoms with van der Waals surface area (Å²) >= 11 is 5.62. The Labute approximate surface area is 166 Å². The Bertz CT molecular complexity index is 771. The number of hydrogen-bond acceptors (Lipinski definition) is 4. The SMILES string of the molecule is Cn1c(C(=O)NCC2(N3CCOCC3)CCSC2)c(Br)c2ccccc21. The molecular formula is C19H24BrN3O2S. The molecule has 7 heteroatoms. The van der Waals surface area contributed by atoms with Gasteiger partial charge in [-0.2, -0.15) is 11.8 Å². The van der Waals surface area contributed by atoms with Crippen molar-refractivity contribution >= 4 is 44.5 Å². The van der Waals surface area contributed by atoms with Gasteiger partial charge in [-0.15, -0.1) is 0 Å². The molecule has 0 radical (unpaired) electrons. The van der Waals surface area contributed by atoms with Gasteiger partial charge in [0.1, 0.15) is 5.69 Å². The number of aromatic nitrogens is 1. The molecule has 4 rings (SSSR count). The van der Waals surface area contributed by atoms with E-state index in [1.165, 1.54) is 0 Å². The van der Waals surface area contributed by atoms with Crippen molar-refractivity contribution in [3.8, 4) is 0 Å². The number of halogens is 1. The van der Waals surface area contributed by atoms with E-state index in [-0.39, 0.29) is 11.4 Å². The fourth-order valence-corrected chi connectivity index (χ4v) is 6.32. The number of carbonyl (C=O) groups excluding carboxylic acids is 1. The zero-order valence-corrected chi connectivity index (χ0v) is 17.4. The second-order valence-electron chi connectivity index (χ2n) is 7.05. The Morgan fingerprint density at radius 3 is 2.81 bits per heavy atom. The molecule has 1 atom stereocenters. The van der Waals surface area contributed by atoms with Gasteiger partial charge in [-0.1, -0.05) is 18.2 Å². The highest BCUT2D eigenvalue weighted by molar-refractivity contribution is 9.10. The second kappa shape index (κ2) is 7.54. The molecule has 1 amide bonds. The summed E-state index contributed by atoms with van der Waals surface area (Å²) in [5.41, 5.74) is 1.80. The van der Waals surface area contributed by atoms with Crippen LogP contribution in [0.15, 0.2) is 28.7 Å². The monoisotopic (exact) mass is 437 g/mol. The van der Waals surface area contributed by atoms with Crippen molar-refractivity contribution in [3.05, 3.63) is 34.4 Å². The number of rotatable bonds is 4. The topological polar surface area (TPSA) is 46.5 Å². The summed E-state index contributed by atoms with van der Waals surface area (Å²) in [6.45, 7) is 4.17. The van der Waals surface area contributed by atoms with E-state index in [2.05, 4.69) is 26.1 Å². The van der Waals surface area contributed by atoms with E-state index in [0.29, 0.717) is 12.2 Å². The molecule has 2 aliphatic rings. The third kappa shape index (κ3) is 3.19. The van der Waals surface area contributed by atoms with Gasteiger partial charge in [0.25, 0.3) is 5.91 Å². The minimum absolute atomic E-state index is 0.0138. The van der Waals surface area contributed by atoms with Gasteiger partial charge in [0.05, 0.1) is 17.7 Å². The number of carbonyl (C=O) groups is 1. The minimum atomic E-state index is -0.0138. The third-order valence-corrected chi connectivity index (χ3v) is 7.64. The van der Waals surface area contributed by atoms with Crippen molar-refractivity contribution < 1.29 is 9.53 Å². The van der Waals surface area contributed by atoms with Crippen LogP contribution in [0, 0.1) is 0 Å². The molecule has 0 saturated carbocycles. The Hall–Kier alpha value is -1.02. The molecule has 2 aromatic rings. The lowest BCUT2D eigenvalue weighted by atomic mass is 9.95. The highest BCUT2D eigenvalue weighted by Crippen LogP contribution is 2.34. The molecule has 0 aliphatic carbocycles. The van der Waals surface area contributed by atoms with Crippen LogP contribution in [-0.2, 0) is 11.8 Å². The number of hydrogen-bond donors (Lipinski definition) is 1. The normalized spacial score (nSPS) is 24.2. The number of aryl methyl sites for hydroxylation is 1. The van der Waals surface area contributed by atoms with Crippen LogP contribution in [0.3, 0.4) is 0 Å². The maximum Gasteiger partial charge on any atom is 0.269 e. The molecule has 2 saturated heterocycles. The third-order valence-electron chi connectivity index (χ3n) is 5.60. The summed E-state index contributed by atoms with van der Waals surface area (Å²) in [5.74, 6) is 2.22. The number of fused-ring (bicyclic) bond motifs is 1. The highest BCUT2D eigenvalue weighted by Gasteiger charge is 2.41. The molecule has 140 valence electrons. The van der Waals surface area contributed by atoms with Gasteiger partial charge < -0.3 is 14.6 Å². The first-order valence-electron chi connectivity index (χ1n) is 9.04. The number of morpholine rings is 1. The number of para-hydroxylation sites is 1. The van der Waals surface area contributed by atoms with Crippen molar-refractivity contribution in [2.24, 2.45) is 7.05 Å². The first-order valence-corrected chi connectivity index (χ1v) is 11.0. The van der Waals surface area contributed by atoms with Gasteiger partial charge in [0.2, 0.25) is 0 Å². The first kappa shape index (κ1) is 18.3. The van der Waals surface area contributed by atoms with Gasteiger partial charge in [0.15, 0.2) is 0 Å². The zero-order valence-electron chi connectivity index (χ0n) is 15.0. The molecule has 0 spiro atoms. The fourth-order valence-electron chi connectivity index (χ4n) is 4.06. The summed E-state index contributed by atoms with van der Waals surface area (Å²) in [7, 11) is 1.95. The summed E-state index contributed by atoms with van der Waals surface area (Å²) in [6.07, 6.45) is 1.12. The van der Waals surface area contributed by atoms with Crippen molar-refractivity contribution in [2.75, 3.05) is 44.4 Å². The van der Waals surface area contributed by atoms with Gasteiger partial charge in [-0.3, -0.25) is 9.69 Å². The van der Waals surface area contributed by atoms with E-state index >= 15 is 0 Å². The average Bonchev–Trinajstić information content (AvgIpc) is 3.26. The standard InChI is InChI=1S/C19H24BrN3O2S/c1-22-15-5-3-2-4-14(15)16(20)17(22)18(24)21-12-19(6-11-26-13-19)23-7-9-25-10-8-23/h2-5H,6-13H2,1H3,(H,21,24). The van der Waals surface area contributed by atoms with Gasteiger partial charge in [-0.25, -0.2) is 0 Å². The number of nitrogens with one attached hydrogen (secondary N) is 1. The minimum Gasteiger partial charge on any atom is -0.379 e. The Morgan fingerprint density at radius 2 is 2.12 bits per heavy atom.